The summed E-state index contributed by atoms with van der Waals surface area (Å²) in [4.78, 5) is 25.0. The first kappa shape index (κ1) is 23.8. The maximum Gasteiger partial charge on any atom is 0.251 e. The molecule has 0 saturated carbocycles. The first-order valence-corrected chi connectivity index (χ1v) is 11.6. The van der Waals surface area contributed by atoms with Gasteiger partial charge in [-0.3, -0.25) is 9.59 Å². The van der Waals surface area contributed by atoms with Crippen molar-refractivity contribution in [1.29, 1.82) is 0 Å². The van der Waals surface area contributed by atoms with Crippen molar-refractivity contribution in [3.05, 3.63) is 70.5 Å². The lowest BCUT2D eigenvalue weighted by molar-refractivity contribution is -0.113. The van der Waals surface area contributed by atoms with E-state index >= 15 is 0 Å². The first-order chi connectivity index (χ1) is 15.2. The predicted molar refractivity (Wildman–Crippen MR) is 128 cm³/mol. The summed E-state index contributed by atoms with van der Waals surface area (Å²) in [5.74, 6) is 0.592. The van der Waals surface area contributed by atoms with E-state index in [1.165, 1.54) is 11.8 Å². The number of aromatic nitrogens is 3. The van der Waals surface area contributed by atoms with Gasteiger partial charge in [-0.05, 0) is 49.2 Å². The van der Waals surface area contributed by atoms with Crippen molar-refractivity contribution in [1.82, 2.24) is 20.1 Å². The van der Waals surface area contributed by atoms with Gasteiger partial charge in [-0.15, -0.1) is 10.2 Å². The van der Waals surface area contributed by atoms with E-state index < -0.39 is 0 Å². The topological polar surface area (TPSA) is 88.9 Å². The van der Waals surface area contributed by atoms with Gasteiger partial charge in [0.05, 0.1) is 11.8 Å². The third-order valence-corrected chi connectivity index (χ3v) is 6.15. The zero-order valence-corrected chi connectivity index (χ0v) is 20.0. The van der Waals surface area contributed by atoms with Crippen LogP contribution in [-0.4, -0.2) is 32.3 Å². The maximum absolute atomic E-state index is 12.7. The number of hydrogen-bond acceptors (Lipinski definition) is 5. The number of anilines is 1. The molecule has 0 unspecified atom stereocenters. The molecule has 0 spiro atoms. The van der Waals surface area contributed by atoms with E-state index in [9.17, 15) is 9.59 Å². The highest BCUT2D eigenvalue weighted by atomic mass is 35.5. The number of benzene rings is 2. The Bertz CT molecular complexity index is 1080. The standard InChI is InChI=1S/C23H26ClN5O2S/c1-14(2)20(26-22(31)16-7-5-15(3)6-8-16)21-27-28-23(29(21)4)32-13-19(30)25-18-11-9-17(24)10-12-18/h5-12,14,20H,13H2,1-4H3,(H,25,30)(H,26,31)/t20-/m0/s1. The number of carbonyl (C=O) groups is 2. The molecule has 168 valence electrons. The normalized spacial score (nSPS) is 11.9. The minimum absolute atomic E-state index is 0.0957. The second-order valence-electron chi connectivity index (χ2n) is 7.80. The van der Waals surface area contributed by atoms with Gasteiger partial charge in [0.15, 0.2) is 11.0 Å². The summed E-state index contributed by atoms with van der Waals surface area (Å²) < 4.78 is 1.82. The lowest BCUT2D eigenvalue weighted by atomic mass is 10.0. The molecule has 9 heteroatoms. The molecule has 0 aliphatic heterocycles. The molecule has 0 bridgehead atoms. The summed E-state index contributed by atoms with van der Waals surface area (Å²) >= 11 is 7.15. The van der Waals surface area contributed by atoms with Crippen LogP contribution in [0.3, 0.4) is 0 Å². The molecule has 2 amide bonds. The fourth-order valence-corrected chi connectivity index (χ4v) is 3.89. The summed E-state index contributed by atoms with van der Waals surface area (Å²) in [5, 5.41) is 15.6. The lowest BCUT2D eigenvalue weighted by Crippen LogP contribution is -2.33. The number of hydrogen-bond donors (Lipinski definition) is 2. The van der Waals surface area contributed by atoms with Crippen LogP contribution >= 0.6 is 23.4 Å². The smallest absolute Gasteiger partial charge is 0.251 e. The first-order valence-electron chi connectivity index (χ1n) is 10.2. The van der Waals surface area contributed by atoms with Gasteiger partial charge in [-0.1, -0.05) is 54.9 Å². The lowest BCUT2D eigenvalue weighted by Gasteiger charge is -2.21. The molecule has 0 saturated heterocycles. The molecule has 1 atom stereocenters. The fourth-order valence-electron chi connectivity index (χ4n) is 3.04. The maximum atomic E-state index is 12.7. The van der Waals surface area contributed by atoms with Crippen LogP contribution in [0.15, 0.2) is 53.7 Å². The van der Waals surface area contributed by atoms with Crippen molar-refractivity contribution in [2.75, 3.05) is 11.1 Å². The molecule has 0 aliphatic rings. The molecule has 0 fully saturated rings. The van der Waals surface area contributed by atoms with Gasteiger partial charge in [0.1, 0.15) is 0 Å². The number of halogens is 1. The Labute approximate surface area is 197 Å². The minimum atomic E-state index is -0.321. The summed E-state index contributed by atoms with van der Waals surface area (Å²) in [6.45, 7) is 6.01. The van der Waals surface area contributed by atoms with Gasteiger partial charge in [-0.2, -0.15) is 0 Å². The molecule has 3 aromatic rings. The van der Waals surface area contributed by atoms with E-state index in [0.717, 1.165) is 5.56 Å². The Hall–Kier alpha value is -2.84. The zero-order valence-electron chi connectivity index (χ0n) is 18.4. The van der Waals surface area contributed by atoms with Gasteiger partial charge in [0.2, 0.25) is 5.91 Å². The van der Waals surface area contributed by atoms with E-state index in [1.54, 1.807) is 36.4 Å². The van der Waals surface area contributed by atoms with Gasteiger partial charge >= 0.3 is 0 Å². The van der Waals surface area contributed by atoms with Gasteiger partial charge in [0.25, 0.3) is 5.91 Å². The van der Waals surface area contributed by atoms with Crippen LogP contribution in [0.5, 0.6) is 0 Å². The Balaban J connectivity index is 1.65. The Kier molecular flexibility index (Phi) is 7.93. The monoisotopic (exact) mass is 471 g/mol. The molecule has 1 heterocycles. The summed E-state index contributed by atoms with van der Waals surface area (Å²) in [6.07, 6.45) is 0. The molecule has 1 aromatic heterocycles. The van der Waals surface area contributed by atoms with Gasteiger partial charge in [0, 0.05) is 23.3 Å². The average molecular weight is 472 g/mol. The molecule has 2 N–H and O–H groups in total. The van der Waals surface area contributed by atoms with Gasteiger partial charge in [-0.25, -0.2) is 0 Å². The van der Waals surface area contributed by atoms with Crippen LogP contribution in [0.2, 0.25) is 5.02 Å². The van der Waals surface area contributed by atoms with Crippen molar-refractivity contribution in [2.45, 2.75) is 32.0 Å². The fraction of sp³-hybridized carbons (Fsp3) is 0.304. The van der Waals surface area contributed by atoms with E-state index in [4.69, 9.17) is 11.6 Å². The highest BCUT2D eigenvalue weighted by Gasteiger charge is 2.25. The largest absolute Gasteiger partial charge is 0.342 e. The van der Waals surface area contributed by atoms with Gasteiger partial charge < -0.3 is 15.2 Å². The predicted octanol–water partition coefficient (Wildman–Crippen LogP) is 4.63. The zero-order chi connectivity index (χ0) is 23.3. The number of rotatable bonds is 8. The van der Waals surface area contributed by atoms with Crippen LogP contribution in [0.1, 0.15) is 41.6 Å². The molecule has 0 aliphatic carbocycles. The number of thioether (sulfide) groups is 1. The molecular weight excluding hydrogens is 446 g/mol. The van der Waals surface area contributed by atoms with Crippen LogP contribution < -0.4 is 10.6 Å². The highest BCUT2D eigenvalue weighted by molar-refractivity contribution is 7.99. The Morgan fingerprint density at radius 3 is 2.34 bits per heavy atom. The number of carbonyl (C=O) groups excluding carboxylic acids is 2. The SMILES string of the molecule is Cc1ccc(C(=O)N[C@H](c2nnc(SCC(=O)Nc3ccc(Cl)cc3)n2C)C(C)C)cc1. The second-order valence-corrected chi connectivity index (χ2v) is 9.18. The quantitative estimate of drug-likeness (QED) is 0.467. The second kappa shape index (κ2) is 10.7. The minimum Gasteiger partial charge on any atom is -0.342 e. The van der Waals surface area contributed by atoms with E-state index in [-0.39, 0.29) is 29.5 Å². The van der Waals surface area contributed by atoms with Crippen LogP contribution in [0.25, 0.3) is 0 Å². The van der Waals surface area contributed by atoms with Crippen LogP contribution in [0, 0.1) is 12.8 Å². The number of nitrogens with one attached hydrogen (secondary N) is 2. The molecule has 0 radical (unpaired) electrons. The number of aryl methyl sites for hydroxylation is 1. The van der Waals surface area contributed by atoms with Crippen molar-refractivity contribution in [3.63, 3.8) is 0 Å². The third-order valence-electron chi connectivity index (χ3n) is 4.87. The average Bonchev–Trinajstić information content (AvgIpc) is 3.12. The Morgan fingerprint density at radius 2 is 1.72 bits per heavy atom. The number of amides is 2. The molecule has 32 heavy (non-hydrogen) atoms. The van der Waals surface area contributed by atoms with Crippen molar-refractivity contribution in [3.8, 4) is 0 Å². The van der Waals surface area contributed by atoms with Crippen molar-refractivity contribution < 1.29 is 9.59 Å². The summed E-state index contributed by atoms with van der Waals surface area (Å²) in [5.41, 5.74) is 2.37. The van der Waals surface area contributed by atoms with Crippen LogP contribution in [-0.2, 0) is 11.8 Å². The highest BCUT2D eigenvalue weighted by Crippen LogP contribution is 2.25. The van der Waals surface area contributed by atoms with Crippen molar-refractivity contribution in [2.24, 2.45) is 13.0 Å². The molecular formula is C23H26ClN5O2S. The number of nitrogens with zero attached hydrogens (tertiary/aromatic N) is 3. The summed E-state index contributed by atoms with van der Waals surface area (Å²) in [7, 11) is 1.84. The summed E-state index contributed by atoms with van der Waals surface area (Å²) in [6, 6.07) is 14.0. The van der Waals surface area contributed by atoms with E-state index in [1.807, 2.05) is 44.5 Å². The molecule has 3 rings (SSSR count). The van der Waals surface area contributed by atoms with E-state index in [0.29, 0.717) is 27.3 Å². The van der Waals surface area contributed by atoms with Crippen LogP contribution in [0.4, 0.5) is 5.69 Å². The molecule has 2 aromatic carbocycles. The van der Waals surface area contributed by atoms with Crippen molar-refractivity contribution >= 4 is 40.9 Å². The Morgan fingerprint density at radius 1 is 1.06 bits per heavy atom. The molecule has 7 nitrogen and oxygen atoms in total. The van der Waals surface area contributed by atoms with E-state index in [2.05, 4.69) is 20.8 Å². The third kappa shape index (κ3) is 6.11.